The van der Waals surface area contributed by atoms with Gasteiger partial charge in [0.05, 0.1) is 13.0 Å². The molecule has 0 aliphatic carbocycles. The molecule has 1 unspecified atom stereocenters. The number of carbonyl (C=O) groups is 2. The standard InChI is InChI=1S/C13H17NO4S/c1-18-11-4-2-9(3-5-11)6-10(8-19)13(17)14-7-12(15)16/h2-5,10,19H,6-8H2,1H3,(H,14,17)(H,15,16). The molecule has 0 radical (unpaired) electrons. The maximum Gasteiger partial charge on any atom is 0.322 e. The zero-order chi connectivity index (χ0) is 14.3. The Labute approximate surface area is 117 Å². The Bertz CT molecular complexity index is 433. The van der Waals surface area contributed by atoms with Gasteiger partial charge in [0, 0.05) is 5.75 Å². The molecule has 0 aliphatic heterocycles. The number of carbonyl (C=O) groups excluding carboxylic acids is 1. The van der Waals surface area contributed by atoms with Gasteiger partial charge in [0.2, 0.25) is 5.91 Å². The number of thiol groups is 1. The summed E-state index contributed by atoms with van der Waals surface area (Å²) in [7, 11) is 1.59. The highest BCUT2D eigenvalue weighted by Crippen LogP contribution is 2.15. The second-order valence-corrected chi connectivity index (χ2v) is 4.41. The van der Waals surface area contributed by atoms with Gasteiger partial charge in [-0.2, -0.15) is 12.6 Å². The molecule has 0 bridgehead atoms. The average Bonchev–Trinajstić information content (AvgIpc) is 2.42. The fourth-order valence-electron chi connectivity index (χ4n) is 1.59. The molecular formula is C13H17NO4S. The van der Waals surface area contributed by atoms with Crippen molar-refractivity contribution in [2.45, 2.75) is 6.42 Å². The van der Waals surface area contributed by atoms with Crippen LogP contribution >= 0.6 is 12.6 Å². The van der Waals surface area contributed by atoms with E-state index in [9.17, 15) is 9.59 Å². The first-order chi connectivity index (χ1) is 9.06. The summed E-state index contributed by atoms with van der Waals surface area (Å²) in [6.45, 7) is -0.369. The average molecular weight is 283 g/mol. The minimum Gasteiger partial charge on any atom is -0.497 e. The van der Waals surface area contributed by atoms with Crippen molar-refractivity contribution < 1.29 is 19.4 Å². The minimum absolute atomic E-state index is 0.298. The van der Waals surface area contributed by atoms with Crippen LogP contribution in [0.25, 0.3) is 0 Å². The molecule has 1 aromatic rings. The lowest BCUT2D eigenvalue weighted by atomic mass is 10.00. The second-order valence-electron chi connectivity index (χ2n) is 4.04. The summed E-state index contributed by atoms with van der Waals surface area (Å²) in [5.41, 5.74) is 0.977. The highest BCUT2D eigenvalue weighted by atomic mass is 32.1. The van der Waals surface area contributed by atoms with Gasteiger partial charge in [-0.25, -0.2) is 0 Å². The van der Waals surface area contributed by atoms with Crippen molar-refractivity contribution >= 4 is 24.5 Å². The third-order valence-corrected chi connectivity index (χ3v) is 3.09. The maximum absolute atomic E-state index is 11.8. The lowest BCUT2D eigenvalue weighted by Gasteiger charge is -2.14. The number of nitrogens with one attached hydrogen (secondary N) is 1. The van der Waals surface area contributed by atoms with E-state index in [0.717, 1.165) is 11.3 Å². The van der Waals surface area contributed by atoms with E-state index < -0.39 is 5.97 Å². The molecule has 6 heteroatoms. The number of hydrogen-bond acceptors (Lipinski definition) is 4. The predicted octanol–water partition coefficient (Wildman–Crippen LogP) is 0.984. The van der Waals surface area contributed by atoms with Crippen LogP contribution in [0.5, 0.6) is 5.75 Å². The van der Waals surface area contributed by atoms with E-state index in [0.29, 0.717) is 12.2 Å². The van der Waals surface area contributed by atoms with Crippen LogP contribution in [0.3, 0.4) is 0 Å². The van der Waals surface area contributed by atoms with Crippen molar-refractivity contribution in [2.75, 3.05) is 19.4 Å². The first-order valence-corrected chi connectivity index (χ1v) is 6.43. The Morgan fingerprint density at radius 2 is 2.00 bits per heavy atom. The third-order valence-electron chi connectivity index (χ3n) is 2.65. The number of amides is 1. The van der Waals surface area contributed by atoms with Crippen LogP contribution < -0.4 is 10.1 Å². The number of carboxylic acid groups (broad SMARTS) is 1. The molecule has 0 saturated carbocycles. The number of ether oxygens (including phenoxy) is 1. The van der Waals surface area contributed by atoms with Crippen molar-refractivity contribution in [3.63, 3.8) is 0 Å². The summed E-state index contributed by atoms with van der Waals surface area (Å²) in [6.07, 6.45) is 0.513. The summed E-state index contributed by atoms with van der Waals surface area (Å²) >= 11 is 4.14. The van der Waals surface area contributed by atoms with Crippen molar-refractivity contribution in [1.29, 1.82) is 0 Å². The number of methoxy groups -OCH3 is 1. The molecule has 1 amide bonds. The first kappa shape index (κ1) is 15.4. The van der Waals surface area contributed by atoms with Crippen LogP contribution in [0.15, 0.2) is 24.3 Å². The highest BCUT2D eigenvalue weighted by Gasteiger charge is 2.17. The largest absolute Gasteiger partial charge is 0.497 e. The normalized spacial score (nSPS) is 11.7. The topological polar surface area (TPSA) is 75.6 Å². The fourth-order valence-corrected chi connectivity index (χ4v) is 1.89. The van der Waals surface area contributed by atoms with Crippen molar-refractivity contribution in [3.05, 3.63) is 29.8 Å². The molecule has 1 atom stereocenters. The smallest absolute Gasteiger partial charge is 0.322 e. The predicted molar refractivity (Wildman–Crippen MR) is 74.7 cm³/mol. The molecule has 0 spiro atoms. The maximum atomic E-state index is 11.8. The molecule has 0 aliphatic rings. The SMILES string of the molecule is COc1ccc(CC(CS)C(=O)NCC(=O)O)cc1. The highest BCUT2D eigenvalue weighted by molar-refractivity contribution is 7.80. The monoisotopic (exact) mass is 283 g/mol. The van der Waals surface area contributed by atoms with Gasteiger partial charge < -0.3 is 15.2 Å². The van der Waals surface area contributed by atoms with Gasteiger partial charge in [-0.05, 0) is 24.1 Å². The van der Waals surface area contributed by atoms with Gasteiger partial charge in [-0.3, -0.25) is 9.59 Å². The summed E-state index contributed by atoms with van der Waals surface area (Å²) in [5, 5.41) is 10.9. The molecular weight excluding hydrogens is 266 g/mol. The number of rotatable bonds is 7. The lowest BCUT2D eigenvalue weighted by Crippen LogP contribution is -2.36. The summed E-state index contributed by atoms with van der Waals surface area (Å²) in [6, 6.07) is 7.39. The zero-order valence-corrected chi connectivity index (χ0v) is 11.5. The van der Waals surface area contributed by atoms with E-state index in [4.69, 9.17) is 9.84 Å². The minimum atomic E-state index is -1.06. The van der Waals surface area contributed by atoms with E-state index in [-0.39, 0.29) is 18.4 Å². The lowest BCUT2D eigenvalue weighted by molar-refractivity contribution is -0.138. The van der Waals surface area contributed by atoms with Crippen LogP contribution in [0.1, 0.15) is 5.56 Å². The van der Waals surface area contributed by atoms with E-state index in [1.54, 1.807) is 7.11 Å². The Morgan fingerprint density at radius 3 is 2.47 bits per heavy atom. The molecule has 2 N–H and O–H groups in total. The van der Waals surface area contributed by atoms with Crippen molar-refractivity contribution in [3.8, 4) is 5.75 Å². The first-order valence-electron chi connectivity index (χ1n) is 5.80. The number of carboxylic acids is 1. The number of benzene rings is 1. The molecule has 0 aromatic heterocycles. The van der Waals surface area contributed by atoms with Crippen LogP contribution in [0.2, 0.25) is 0 Å². The van der Waals surface area contributed by atoms with Crippen LogP contribution in [-0.2, 0) is 16.0 Å². The van der Waals surface area contributed by atoms with E-state index in [1.165, 1.54) is 0 Å². The van der Waals surface area contributed by atoms with Gasteiger partial charge in [0.1, 0.15) is 12.3 Å². The van der Waals surface area contributed by atoms with Gasteiger partial charge in [0.25, 0.3) is 0 Å². The third kappa shape index (κ3) is 5.21. The number of hydrogen-bond donors (Lipinski definition) is 3. The molecule has 104 valence electrons. The summed E-state index contributed by atoms with van der Waals surface area (Å²) in [4.78, 5) is 22.2. The van der Waals surface area contributed by atoms with Gasteiger partial charge in [0.15, 0.2) is 0 Å². The van der Waals surface area contributed by atoms with Crippen LogP contribution in [0, 0.1) is 5.92 Å². The van der Waals surface area contributed by atoms with E-state index in [2.05, 4.69) is 17.9 Å². The molecule has 0 saturated heterocycles. The quantitative estimate of drug-likeness (QED) is 0.652. The van der Waals surface area contributed by atoms with Gasteiger partial charge >= 0.3 is 5.97 Å². The summed E-state index contributed by atoms with van der Waals surface area (Å²) < 4.78 is 5.05. The van der Waals surface area contributed by atoms with Crippen LogP contribution in [0.4, 0.5) is 0 Å². The molecule has 1 aromatic carbocycles. The van der Waals surface area contributed by atoms with Crippen LogP contribution in [-0.4, -0.2) is 36.4 Å². The molecule has 5 nitrogen and oxygen atoms in total. The molecule has 19 heavy (non-hydrogen) atoms. The Morgan fingerprint density at radius 1 is 1.37 bits per heavy atom. The molecule has 0 heterocycles. The van der Waals surface area contributed by atoms with E-state index in [1.807, 2.05) is 24.3 Å². The Balaban J connectivity index is 2.59. The van der Waals surface area contributed by atoms with Gasteiger partial charge in [-0.15, -0.1) is 0 Å². The zero-order valence-electron chi connectivity index (χ0n) is 10.6. The molecule has 0 fully saturated rings. The molecule has 1 rings (SSSR count). The fraction of sp³-hybridized carbons (Fsp3) is 0.385. The van der Waals surface area contributed by atoms with Gasteiger partial charge in [-0.1, -0.05) is 12.1 Å². The van der Waals surface area contributed by atoms with Crippen molar-refractivity contribution in [1.82, 2.24) is 5.32 Å². The Kier molecular flexibility index (Phi) is 6.21. The summed E-state index contributed by atoms with van der Waals surface area (Å²) in [5.74, 6) is -0.598. The Hall–Kier alpha value is -1.69. The number of aliphatic carboxylic acids is 1. The van der Waals surface area contributed by atoms with Crippen molar-refractivity contribution in [2.24, 2.45) is 5.92 Å². The van der Waals surface area contributed by atoms with E-state index >= 15 is 0 Å². The second kappa shape index (κ2) is 7.68.